The van der Waals surface area contributed by atoms with Gasteiger partial charge in [0.2, 0.25) is 11.8 Å². The number of aliphatic hydroxyl groups excluding tert-OH is 1. The number of phenolic OH excluding ortho intramolecular Hbond substituents is 1. The Bertz CT molecular complexity index is 2920. The third-order valence-corrected chi connectivity index (χ3v) is 12.9. The standard InChI is InChI=1S/C52H58ClN7O12/c1-2-72-47-29-46(63)39(25-32(47)30-58-18-5-7-35(31-58)59-42-9-4-3-8-41(42)56-52(59)68)45(62)28-44(61)37-13-11-34(27-40(37)53)55-16-21-69-19-6-20-70-23-24-71-22-17-54-33-10-12-36-38(26-33)51(67)60(50(36)66)43-14-15-48(64)57-49(43)65/h3-4,7-13,25-27,29,43-44,54-55,61,63H,2,5-6,14-24,28,30-31H2,1H3,(H,56,68)(H,57,64,65). The Morgan fingerprint density at radius 2 is 1.57 bits per heavy atom. The van der Waals surface area contributed by atoms with Crippen molar-refractivity contribution in [3.63, 3.8) is 0 Å². The molecular weight excluding hydrogens is 950 g/mol. The fourth-order valence-electron chi connectivity index (χ4n) is 9.02. The zero-order valence-electron chi connectivity index (χ0n) is 39.9. The maximum atomic E-state index is 13.7. The lowest BCUT2D eigenvalue weighted by Gasteiger charge is -2.28. The van der Waals surface area contributed by atoms with Crippen LogP contribution in [0.2, 0.25) is 5.02 Å². The molecular formula is C52H58ClN7O12. The molecule has 3 aliphatic rings. The van der Waals surface area contributed by atoms with E-state index in [0.717, 1.165) is 21.6 Å². The molecule has 5 aromatic rings. The van der Waals surface area contributed by atoms with Crippen LogP contribution >= 0.6 is 11.6 Å². The second-order valence-corrected chi connectivity index (χ2v) is 17.9. The summed E-state index contributed by atoms with van der Waals surface area (Å²) in [5.74, 6) is -2.47. The number of carbonyl (C=O) groups excluding carboxylic acids is 5. The summed E-state index contributed by atoms with van der Waals surface area (Å²) in [4.78, 5) is 82.4. The van der Waals surface area contributed by atoms with Crippen LogP contribution < -0.4 is 26.4 Å². The number of ether oxygens (including phenoxy) is 4. The molecule has 0 radical (unpaired) electrons. The van der Waals surface area contributed by atoms with Gasteiger partial charge in [-0.15, -0.1) is 0 Å². The smallest absolute Gasteiger partial charge is 0.330 e. The number of carbonyl (C=O) groups is 5. The van der Waals surface area contributed by atoms with E-state index in [2.05, 4.69) is 31.9 Å². The number of hydrogen-bond donors (Lipinski definition) is 6. The fourth-order valence-corrected chi connectivity index (χ4v) is 9.33. The van der Waals surface area contributed by atoms with E-state index in [4.69, 9.17) is 30.5 Å². The van der Waals surface area contributed by atoms with Crippen LogP contribution in [0.15, 0.2) is 83.7 Å². The number of para-hydroxylation sites is 2. The molecule has 8 rings (SSSR count). The van der Waals surface area contributed by atoms with Gasteiger partial charge < -0.3 is 44.8 Å². The van der Waals surface area contributed by atoms with Gasteiger partial charge in [0.25, 0.3) is 11.8 Å². The first-order valence-corrected chi connectivity index (χ1v) is 24.5. The lowest BCUT2D eigenvalue weighted by Crippen LogP contribution is -2.54. The molecule has 2 atom stereocenters. The van der Waals surface area contributed by atoms with Gasteiger partial charge in [-0.05, 0) is 80.3 Å². The number of piperidine rings is 1. The van der Waals surface area contributed by atoms with Crippen molar-refractivity contribution in [2.24, 2.45) is 0 Å². The third-order valence-electron chi connectivity index (χ3n) is 12.5. The number of phenols is 1. The Morgan fingerprint density at radius 1 is 0.861 bits per heavy atom. The van der Waals surface area contributed by atoms with Gasteiger partial charge in [-0.2, -0.15) is 0 Å². The van der Waals surface area contributed by atoms with Crippen molar-refractivity contribution in [1.82, 2.24) is 24.7 Å². The van der Waals surface area contributed by atoms with Crippen LogP contribution in [0.25, 0.3) is 16.7 Å². The van der Waals surface area contributed by atoms with E-state index in [1.54, 1.807) is 47.0 Å². The summed E-state index contributed by atoms with van der Waals surface area (Å²) in [6.07, 6.45) is 2.05. The van der Waals surface area contributed by atoms with Crippen molar-refractivity contribution in [3.05, 3.63) is 122 Å². The number of imidazole rings is 1. The topological polar surface area (TPSA) is 243 Å². The van der Waals surface area contributed by atoms with Gasteiger partial charge >= 0.3 is 5.69 Å². The van der Waals surface area contributed by atoms with Crippen molar-refractivity contribution in [2.75, 3.05) is 83.1 Å². The number of imide groups is 2. The van der Waals surface area contributed by atoms with Crippen LogP contribution in [-0.2, 0) is 30.3 Å². The second-order valence-electron chi connectivity index (χ2n) is 17.5. The Labute approximate surface area is 420 Å². The highest BCUT2D eigenvalue weighted by Crippen LogP contribution is 2.35. The number of hydrogen-bond acceptors (Lipinski definition) is 15. The molecule has 0 spiro atoms. The van der Waals surface area contributed by atoms with Crippen molar-refractivity contribution in [1.29, 1.82) is 0 Å². The number of aromatic hydroxyl groups is 1. The predicted octanol–water partition coefficient (Wildman–Crippen LogP) is 5.51. The Hall–Kier alpha value is -6.87. The van der Waals surface area contributed by atoms with E-state index in [0.29, 0.717) is 120 Å². The van der Waals surface area contributed by atoms with Crippen LogP contribution in [0, 0.1) is 0 Å². The van der Waals surface area contributed by atoms with Crippen LogP contribution in [0.3, 0.4) is 0 Å². The number of H-pyrrole nitrogens is 1. The first-order valence-electron chi connectivity index (χ1n) is 24.1. The Balaban J connectivity index is 0.700. The number of rotatable bonds is 25. The number of nitrogens with zero attached hydrogens (tertiary/aromatic N) is 3. The van der Waals surface area contributed by atoms with Gasteiger partial charge in [0.05, 0.1) is 66.9 Å². The molecule has 1 fully saturated rings. The number of nitrogens with one attached hydrogen (secondary N) is 4. The molecule has 0 aliphatic carbocycles. The number of Topliss-reactive ketones (excluding diaryl/α,β-unsaturated/α-hetero) is 1. The molecule has 4 aromatic carbocycles. The maximum absolute atomic E-state index is 13.7. The summed E-state index contributed by atoms with van der Waals surface area (Å²) in [5.41, 5.74) is 5.05. The zero-order chi connectivity index (χ0) is 50.7. The molecule has 0 bridgehead atoms. The molecule has 0 saturated carbocycles. The first kappa shape index (κ1) is 51.5. The molecule has 2 unspecified atom stereocenters. The molecule has 1 aromatic heterocycles. The van der Waals surface area contributed by atoms with E-state index in [1.807, 2.05) is 31.2 Å². The summed E-state index contributed by atoms with van der Waals surface area (Å²) in [6, 6.07) is 19.5. The maximum Gasteiger partial charge on any atom is 0.330 e. The summed E-state index contributed by atoms with van der Waals surface area (Å²) in [6.45, 7) is 7.25. The Morgan fingerprint density at radius 3 is 2.32 bits per heavy atom. The van der Waals surface area contributed by atoms with Crippen LogP contribution in [-0.4, -0.2) is 137 Å². The normalized spacial score (nSPS) is 16.5. The van der Waals surface area contributed by atoms with Gasteiger partial charge in [0.15, 0.2) is 5.78 Å². The van der Waals surface area contributed by atoms with E-state index in [1.165, 1.54) is 6.07 Å². The molecule has 20 heteroatoms. The van der Waals surface area contributed by atoms with Gasteiger partial charge in [0, 0.05) is 92.5 Å². The highest BCUT2D eigenvalue weighted by atomic mass is 35.5. The minimum Gasteiger partial charge on any atom is -0.507 e. The van der Waals surface area contributed by atoms with Crippen LogP contribution in [0.5, 0.6) is 11.5 Å². The fraction of sp³-hybridized carbons (Fsp3) is 0.385. The first-order chi connectivity index (χ1) is 34.9. The van der Waals surface area contributed by atoms with E-state index < -0.39 is 41.6 Å². The molecule has 1 saturated heterocycles. The van der Waals surface area contributed by atoms with Gasteiger partial charge in [-0.3, -0.25) is 43.7 Å². The van der Waals surface area contributed by atoms with Gasteiger partial charge in [-0.25, -0.2) is 4.79 Å². The number of halogens is 1. The summed E-state index contributed by atoms with van der Waals surface area (Å²) >= 11 is 6.60. The van der Waals surface area contributed by atoms with Crippen LogP contribution in [0.4, 0.5) is 11.4 Å². The molecule has 72 heavy (non-hydrogen) atoms. The van der Waals surface area contributed by atoms with Crippen LogP contribution in [0.1, 0.15) is 87.3 Å². The lowest BCUT2D eigenvalue weighted by atomic mass is 9.97. The Kier molecular flexibility index (Phi) is 17.2. The predicted molar refractivity (Wildman–Crippen MR) is 269 cm³/mol. The number of aromatic amines is 1. The van der Waals surface area contributed by atoms with Crippen molar-refractivity contribution < 1.29 is 53.1 Å². The minimum atomic E-state index is -1.24. The summed E-state index contributed by atoms with van der Waals surface area (Å²) in [5, 5.41) is 31.0. The van der Waals surface area contributed by atoms with Crippen molar-refractivity contribution in [2.45, 2.75) is 57.7 Å². The molecule has 380 valence electrons. The number of anilines is 2. The molecule has 19 nitrogen and oxygen atoms in total. The SMILES string of the molecule is CCOc1cc(O)c(C(=O)CC(O)c2ccc(NCCOCCCOCCOCCNc3ccc4c(c3)C(=O)N(C3CCC(=O)NC3=O)C4=O)cc2Cl)cc1CN1CCC=C(n2c(=O)[nH]c3ccccc32)C1. The number of aliphatic hydroxyl groups is 1. The second kappa shape index (κ2) is 24.0. The third kappa shape index (κ3) is 12.2. The largest absolute Gasteiger partial charge is 0.507 e. The average molecular weight is 1010 g/mol. The number of benzene rings is 4. The monoisotopic (exact) mass is 1010 g/mol. The van der Waals surface area contributed by atoms with E-state index in [9.17, 15) is 39.0 Å². The highest BCUT2D eigenvalue weighted by molar-refractivity contribution is 6.31. The van der Waals surface area contributed by atoms with Crippen molar-refractivity contribution >= 4 is 69.1 Å². The average Bonchev–Trinajstić information content (AvgIpc) is 3.83. The summed E-state index contributed by atoms with van der Waals surface area (Å²) < 4.78 is 24.6. The number of ketones is 1. The van der Waals surface area contributed by atoms with E-state index >= 15 is 0 Å². The molecule has 3 aliphatic heterocycles. The molecule has 4 heterocycles. The number of amides is 4. The van der Waals surface area contributed by atoms with E-state index in [-0.39, 0.29) is 52.4 Å². The lowest BCUT2D eigenvalue weighted by molar-refractivity contribution is -0.136. The highest BCUT2D eigenvalue weighted by Gasteiger charge is 2.44. The zero-order valence-corrected chi connectivity index (χ0v) is 40.6. The van der Waals surface area contributed by atoms with Gasteiger partial charge in [-0.1, -0.05) is 35.9 Å². The number of fused-ring (bicyclic) bond motifs is 2. The number of aromatic nitrogens is 2. The molecule has 4 amide bonds. The van der Waals surface area contributed by atoms with Crippen molar-refractivity contribution in [3.8, 4) is 11.5 Å². The summed E-state index contributed by atoms with van der Waals surface area (Å²) in [7, 11) is 0. The quantitative estimate of drug-likeness (QED) is 0.0240. The minimum absolute atomic E-state index is 0.0569. The molecule has 6 N–H and O–H groups in total. The van der Waals surface area contributed by atoms with Gasteiger partial charge in [0.1, 0.15) is 17.5 Å².